The summed E-state index contributed by atoms with van der Waals surface area (Å²) >= 11 is 0. The fraction of sp³-hybridized carbons (Fsp3) is 0.550. The number of carboxylic acid groups (broad SMARTS) is 1. The largest absolute Gasteiger partial charge is 0.480 e. The van der Waals surface area contributed by atoms with Crippen LogP contribution in [0.2, 0.25) is 0 Å². The maximum absolute atomic E-state index is 11.9. The lowest BCUT2D eigenvalue weighted by Gasteiger charge is -2.22. The Balaban J connectivity index is 2.67. The number of amides is 2. The molecule has 0 radical (unpaired) electrons. The Morgan fingerprint density at radius 2 is 1.57 bits per heavy atom. The van der Waals surface area contributed by atoms with Crippen LogP contribution in [0, 0.1) is 0 Å². The first-order valence-corrected chi connectivity index (χ1v) is 9.06. The highest BCUT2D eigenvalue weighted by Gasteiger charge is 2.24. The van der Waals surface area contributed by atoms with E-state index < -0.39 is 35.4 Å². The van der Waals surface area contributed by atoms with Crippen LogP contribution in [0.4, 0.5) is 15.3 Å². The zero-order valence-corrected chi connectivity index (χ0v) is 17.3. The number of anilines is 1. The summed E-state index contributed by atoms with van der Waals surface area (Å²) < 4.78 is 10.3. The van der Waals surface area contributed by atoms with Crippen LogP contribution >= 0.6 is 0 Å². The maximum atomic E-state index is 11.9. The van der Waals surface area contributed by atoms with Crippen LogP contribution in [0.15, 0.2) is 24.3 Å². The van der Waals surface area contributed by atoms with Gasteiger partial charge in [-0.05, 0) is 72.1 Å². The van der Waals surface area contributed by atoms with Gasteiger partial charge in [0.05, 0.1) is 0 Å². The van der Waals surface area contributed by atoms with Crippen molar-refractivity contribution >= 4 is 23.8 Å². The zero-order valence-electron chi connectivity index (χ0n) is 17.3. The molecule has 0 heterocycles. The number of carboxylic acids is 1. The molecule has 28 heavy (non-hydrogen) atoms. The van der Waals surface area contributed by atoms with Crippen LogP contribution in [0.1, 0.15) is 53.5 Å². The molecule has 0 fully saturated rings. The second-order valence-corrected chi connectivity index (χ2v) is 8.40. The smallest absolute Gasteiger partial charge is 0.412 e. The molecule has 8 nitrogen and oxygen atoms in total. The number of nitrogens with one attached hydrogen (secondary N) is 2. The molecule has 0 bridgehead atoms. The zero-order chi connectivity index (χ0) is 21.5. The number of ether oxygens (including phenoxy) is 2. The number of carbonyl (C=O) groups excluding carboxylic acids is 2. The molecular formula is C20H30N2O6. The van der Waals surface area contributed by atoms with Crippen LogP contribution in [-0.2, 0) is 20.7 Å². The van der Waals surface area contributed by atoms with Crippen LogP contribution < -0.4 is 10.6 Å². The minimum absolute atomic E-state index is 0.171. The van der Waals surface area contributed by atoms with Crippen molar-refractivity contribution in [3.63, 3.8) is 0 Å². The first-order chi connectivity index (χ1) is 12.7. The number of hydrogen-bond acceptors (Lipinski definition) is 5. The minimum Gasteiger partial charge on any atom is -0.480 e. The SMILES string of the molecule is CC(C)(C)OC(=O)Nc1cccc(CC[C@H](NC(=O)OC(C)(C)C)C(=O)O)c1. The monoisotopic (exact) mass is 394 g/mol. The highest BCUT2D eigenvalue weighted by atomic mass is 16.6. The van der Waals surface area contributed by atoms with Crippen molar-refractivity contribution in [3.05, 3.63) is 29.8 Å². The molecular weight excluding hydrogens is 364 g/mol. The van der Waals surface area contributed by atoms with Gasteiger partial charge in [0, 0.05) is 5.69 Å². The maximum Gasteiger partial charge on any atom is 0.412 e. The fourth-order valence-corrected chi connectivity index (χ4v) is 2.24. The van der Waals surface area contributed by atoms with Crippen molar-refractivity contribution in [2.75, 3.05) is 5.32 Å². The highest BCUT2D eigenvalue weighted by Crippen LogP contribution is 2.16. The van der Waals surface area contributed by atoms with Gasteiger partial charge in [0.25, 0.3) is 0 Å². The normalized spacial score (nSPS) is 12.6. The topological polar surface area (TPSA) is 114 Å². The van der Waals surface area contributed by atoms with E-state index >= 15 is 0 Å². The lowest BCUT2D eigenvalue weighted by atomic mass is 10.0. The van der Waals surface area contributed by atoms with Crippen LogP contribution in [0.5, 0.6) is 0 Å². The third-order valence-corrected chi connectivity index (χ3v) is 3.28. The average molecular weight is 394 g/mol. The molecule has 0 aromatic heterocycles. The van der Waals surface area contributed by atoms with Gasteiger partial charge in [0.2, 0.25) is 0 Å². The summed E-state index contributed by atoms with van der Waals surface area (Å²) in [7, 11) is 0. The van der Waals surface area contributed by atoms with Crippen LogP contribution in [0.3, 0.4) is 0 Å². The van der Waals surface area contributed by atoms with Crippen molar-refractivity contribution in [2.45, 2.75) is 71.6 Å². The molecule has 0 aliphatic heterocycles. The predicted molar refractivity (Wildman–Crippen MR) is 105 cm³/mol. The van der Waals surface area contributed by atoms with Crippen molar-refractivity contribution in [3.8, 4) is 0 Å². The third-order valence-electron chi connectivity index (χ3n) is 3.28. The first-order valence-electron chi connectivity index (χ1n) is 9.06. The van der Waals surface area contributed by atoms with E-state index in [2.05, 4.69) is 10.6 Å². The Bertz CT molecular complexity index is 703. The number of hydrogen-bond donors (Lipinski definition) is 3. The molecule has 8 heteroatoms. The number of aliphatic carboxylic acids is 1. The summed E-state index contributed by atoms with van der Waals surface area (Å²) in [5.41, 5.74) is 0.0305. The fourth-order valence-electron chi connectivity index (χ4n) is 2.24. The molecule has 1 aromatic carbocycles. The summed E-state index contributed by atoms with van der Waals surface area (Å²) in [6.45, 7) is 10.4. The van der Waals surface area contributed by atoms with E-state index in [1.165, 1.54) is 0 Å². The summed E-state index contributed by atoms with van der Waals surface area (Å²) in [6.07, 6.45) is -0.791. The van der Waals surface area contributed by atoms with Gasteiger partial charge in [0.1, 0.15) is 17.2 Å². The molecule has 156 valence electrons. The molecule has 2 amide bonds. The molecule has 1 rings (SSSR count). The van der Waals surface area contributed by atoms with Gasteiger partial charge in [0.15, 0.2) is 0 Å². The van der Waals surface area contributed by atoms with Gasteiger partial charge in [-0.25, -0.2) is 14.4 Å². The number of carbonyl (C=O) groups is 3. The van der Waals surface area contributed by atoms with Gasteiger partial charge in [-0.3, -0.25) is 5.32 Å². The molecule has 0 spiro atoms. The molecule has 0 aliphatic carbocycles. The highest BCUT2D eigenvalue weighted by molar-refractivity contribution is 5.85. The van der Waals surface area contributed by atoms with E-state index in [0.717, 1.165) is 5.56 Å². The number of rotatable bonds is 6. The number of benzene rings is 1. The number of aryl methyl sites for hydroxylation is 1. The summed E-state index contributed by atoms with van der Waals surface area (Å²) in [5, 5.41) is 14.3. The number of alkyl carbamates (subject to hydrolysis) is 1. The van der Waals surface area contributed by atoms with Crippen molar-refractivity contribution < 1.29 is 29.0 Å². The summed E-state index contributed by atoms with van der Waals surface area (Å²) in [4.78, 5) is 35.1. The van der Waals surface area contributed by atoms with Crippen molar-refractivity contribution in [1.82, 2.24) is 5.32 Å². The lowest BCUT2D eigenvalue weighted by molar-refractivity contribution is -0.139. The Kier molecular flexibility index (Phi) is 7.84. The van der Waals surface area contributed by atoms with Gasteiger partial charge < -0.3 is 19.9 Å². The Labute approximate surface area is 165 Å². The Morgan fingerprint density at radius 3 is 2.11 bits per heavy atom. The van der Waals surface area contributed by atoms with E-state index in [-0.39, 0.29) is 6.42 Å². The summed E-state index contributed by atoms with van der Waals surface area (Å²) in [5.74, 6) is -1.14. The van der Waals surface area contributed by atoms with E-state index in [4.69, 9.17) is 9.47 Å². The van der Waals surface area contributed by atoms with E-state index in [9.17, 15) is 19.5 Å². The lowest BCUT2D eigenvalue weighted by Crippen LogP contribution is -2.43. The molecule has 0 aliphatic rings. The van der Waals surface area contributed by atoms with Crippen LogP contribution in [0.25, 0.3) is 0 Å². The predicted octanol–water partition coefficient (Wildman–Crippen LogP) is 3.94. The van der Waals surface area contributed by atoms with E-state index in [1.807, 2.05) is 6.07 Å². The molecule has 1 aromatic rings. The van der Waals surface area contributed by atoms with E-state index in [1.54, 1.807) is 59.7 Å². The Morgan fingerprint density at radius 1 is 1.00 bits per heavy atom. The molecule has 0 unspecified atom stereocenters. The van der Waals surface area contributed by atoms with Gasteiger partial charge in [-0.2, -0.15) is 0 Å². The van der Waals surface area contributed by atoms with Crippen molar-refractivity contribution in [1.29, 1.82) is 0 Å². The minimum atomic E-state index is -1.14. The third kappa shape index (κ3) is 9.80. The Hall–Kier alpha value is -2.77. The van der Waals surface area contributed by atoms with Gasteiger partial charge >= 0.3 is 18.2 Å². The second kappa shape index (κ2) is 9.43. The quantitative estimate of drug-likeness (QED) is 0.673. The van der Waals surface area contributed by atoms with E-state index in [0.29, 0.717) is 12.1 Å². The standard InChI is InChI=1S/C20H30N2O6/c1-19(2,3)27-17(25)21-14-9-7-8-13(12-14)10-11-15(16(23)24)22-18(26)28-20(4,5)6/h7-9,12,15H,10-11H2,1-6H3,(H,21,25)(H,22,26)(H,23,24)/t15-/m0/s1. The van der Waals surface area contributed by atoms with Gasteiger partial charge in [-0.1, -0.05) is 12.1 Å². The molecule has 0 saturated heterocycles. The first kappa shape index (κ1) is 23.3. The molecule has 1 atom stereocenters. The molecule has 3 N–H and O–H groups in total. The van der Waals surface area contributed by atoms with Crippen molar-refractivity contribution in [2.24, 2.45) is 0 Å². The van der Waals surface area contributed by atoms with Gasteiger partial charge in [-0.15, -0.1) is 0 Å². The summed E-state index contributed by atoms with van der Waals surface area (Å²) in [6, 6.07) is 5.92. The molecule has 0 saturated carbocycles. The second-order valence-electron chi connectivity index (χ2n) is 8.40. The average Bonchev–Trinajstić information content (AvgIpc) is 2.47. The van der Waals surface area contributed by atoms with Crippen LogP contribution in [-0.4, -0.2) is 40.5 Å².